The largest absolute Gasteiger partial charge is 0.456 e. The number of carbonyl (C=O) groups excluding carboxylic acids is 2. The lowest BCUT2D eigenvalue weighted by molar-refractivity contribution is -0.149. The molecule has 1 atom stereocenters. The predicted molar refractivity (Wildman–Crippen MR) is 64.9 cm³/mol. The van der Waals surface area contributed by atoms with Crippen LogP contribution in [0.5, 0.6) is 0 Å². The molecule has 1 heterocycles. The third-order valence-electron chi connectivity index (χ3n) is 2.38. The van der Waals surface area contributed by atoms with Crippen molar-refractivity contribution in [3.63, 3.8) is 0 Å². The van der Waals surface area contributed by atoms with Crippen molar-refractivity contribution in [1.29, 1.82) is 0 Å². The molecule has 1 aliphatic heterocycles. The molecule has 0 aromatic carbocycles. The predicted octanol–water partition coefficient (Wildman–Crippen LogP) is 0.625. The number of nitrogens with two attached hydrogens (primary N) is 1. The van der Waals surface area contributed by atoms with Gasteiger partial charge in [0, 0.05) is 12.8 Å². The van der Waals surface area contributed by atoms with Gasteiger partial charge in [0.25, 0.3) is 0 Å². The Morgan fingerprint density at radius 1 is 1.47 bits per heavy atom. The Kier molecular flexibility index (Phi) is 3.52. The second kappa shape index (κ2) is 4.41. The van der Waals surface area contributed by atoms with Crippen molar-refractivity contribution in [3.8, 4) is 0 Å². The fourth-order valence-electron chi connectivity index (χ4n) is 1.41. The van der Waals surface area contributed by atoms with Gasteiger partial charge in [0.2, 0.25) is 0 Å². The Bertz CT molecular complexity index is 404. The maximum atomic E-state index is 11.8. The lowest BCUT2D eigenvalue weighted by Gasteiger charge is -2.20. The van der Waals surface area contributed by atoms with Crippen molar-refractivity contribution in [2.24, 2.45) is 10.7 Å². The second-order valence-electron chi connectivity index (χ2n) is 5.04. The molecule has 1 aliphatic rings. The molecular formula is C12H18N2O3. The Hall–Kier alpha value is -1.49. The summed E-state index contributed by atoms with van der Waals surface area (Å²) < 4.78 is 5.19. The first-order chi connectivity index (χ1) is 7.70. The number of ketones is 1. The molecule has 0 aromatic rings. The minimum absolute atomic E-state index is 0.0468. The van der Waals surface area contributed by atoms with Crippen LogP contribution >= 0.6 is 0 Å². The van der Waals surface area contributed by atoms with E-state index in [0.29, 0.717) is 0 Å². The molecule has 0 aromatic heterocycles. The summed E-state index contributed by atoms with van der Waals surface area (Å²) in [6.07, 6.45) is 2.83. The van der Waals surface area contributed by atoms with E-state index in [1.165, 1.54) is 19.2 Å². The van der Waals surface area contributed by atoms with Gasteiger partial charge in [-0.2, -0.15) is 0 Å². The van der Waals surface area contributed by atoms with Crippen molar-refractivity contribution < 1.29 is 14.3 Å². The smallest absolute Gasteiger partial charge is 0.339 e. The van der Waals surface area contributed by atoms with Crippen LogP contribution in [0.2, 0.25) is 0 Å². The Balaban J connectivity index is 2.90. The van der Waals surface area contributed by atoms with Crippen LogP contribution in [-0.2, 0) is 14.3 Å². The van der Waals surface area contributed by atoms with E-state index in [1.807, 2.05) is 0 Å². The van der Waals surface area contributed by atoms with E-state index < -0.39 is 17.1 Å². The first-order valence-corrected chi connectivity index (χ1v) is 5.43. The van der Waals surface area contributed by atoms with E-state index in [4.69, 9.17) is 10.5 Å². The molecule has 0 amide bonds. The maximum Gasteiger partial charge on any atom is 0.339 e. The average molecular weight is 238 g/mol. The zero-order valence-corrected chi connectivity index (χ0v) is 10.6. The zero-order valence-electron chi connectivity index (χ0n) is 10.6. The monoisotopic (exact) mass is 238 g/mol. The summed E-state index contributed by atoms with van der Waals surface area (Å²) in [7, 11) is 0. The molecule has 0 spiro atoms. The van der Waals surface area contributed by atoms with Crippen molar-refractivity contribution in [1.82, 2.24) is 0 Å². The molecule has 0 radical (unpaired) electrons. The van der Waals surface area contributed by atoms with E-state index in [2.05, 4.69) is 4.99 Å². The summed E-state index contributed by atoms with van der Waals surface area (Å²) in [6.45, 7) is 6.78. The highest BCUT2D eigenvalue weighted by Gasteiger charge is 2.36. The van der Waals surface area contributed by atoms with E-state index in [9.17, 15) is 9.59 Å². The Morgan fingerprint density at radius 2 is 2.06 bits per heavy atom. The zero-order chi connectivity index (χ0) is 13.3. The van der Waals surface area contributed by atoms with Crippen LogP contribution in [0.3, 0.4) is 0 Å². The number of Topliss-reactive ketones (excluding diaryl/α,β-unsaturated/α-hetero) is 1. The molecule has 17 heavy (non-hydrogen) atoms. The van der Waals surface area contributed by atoms with Gasteiger partial charge in [-0.25, -0.2) is 4.79 Å². The van der Waals surface area contributed by atoms with E-state index in [1.54, 1.807) is 20.8 Å². The summed E-state index contributed by atoms with van der Waals surface area (Å²) in [4.78, 5) is 27.2. The van der Waals surface area contributed by atoms with Crippen molar-refractivity contribution >= 4 is 18.0 Å². The van der Waals surface area contributed by atoms with Gasteiger partial charge in [-0.3, -0.25) is 9.79 Å². The molecule has 0 bridgehead atoms. The van der Waals surface area contributed by atoms with Crippen molar-refractivity contribution in [3.05, 3.63) is 11.6 Å². The molecule has 5 heteroatoms. The highest BCUT2D eigenvalue weighted by atomic mass is 16.6. The molecule has 0 aliphatic carbocycles. The van der Waals surface area contributed by atoms with Gasteiger partial charge in [0.1, 0.15) is 11.1 Å². The molecule has 1 unspecified atom stereocenters. The minimum Gasteiger partial charge on any atom is -0.456 e. The lowest BCUT2D eigenvalue weighted by atomic mass is 9.95. The van der Waals surface area contributed by atoms with Gasteiger partial charge in [-0.1, -0.05) is 0 Å². The highest BCUT2D eigenvalue weighted by molar-refractivity contribution is 6.13. The summed E-state index contributed by atoms with van der Waals surface area (Å²) >= 11 is 0. The number of nitrogens with zero attached hydrogens (tertiary/aromatic N) is 1. The number of carbonyl (C=O) groups is 2. The van der Waals surface area contributed by atoms with Gasteiger partial charge in [0.15, 0.2) is 5.78 Å². The molecule has 0 saturated heterocycles. The summed E-state index contributed by atoms with van der Waals surface area (Å²) in [5.74, 6) is -0.673. The minimum atomic E-state index is -1.09. The van der Waals surface area contributed by atoms with Gasteiger partial charge < -0.3 is 10.5 Å². The first-order valence-electron chi connectivity index (χ1n) is 5.43. The summed E-state index contributed by atoms with van der Waals surface area (Å²) in [6, 6.07) is 0. The molecule has 0 saturated carbocycles. The summed E-state index contributed by atoms with van der Waals surface area (Å²) in [5, 5.41) is 0. The number of esters is 1. The third-order valence-corrected chi connectivity index (χ3v) is 2.38. The fraction of sp³-hybridized carbons (Fsp3) is 0.583. The molecular weight excluding hydrogens is 220 g/mol. The summed E-state index contributed by atoms with van der Waals surface area (Å²) in [5.41, 5.74) is 4.14. The molecule has 2 N–H and O–H groups in total. The first kappa shape index (κ1) is 13.6. The number of hydrogen-bond donors (Lipinski definition) is 1. The van der Waals surface area contributed by atoms with E-state index in [0.717, 1.165) is 0 Å². The van der Waals surface area contributed by atoms with Crippen molar-refractivity contribution in [2.45, 2.75) is 38.8 Å². The lowest BCUT2D eigenvalue weighted by Crippen LogP contribution is -2.39. The Labute approximate surface area is 101 Å². The van der Waals surface area contributed by atoms with Crippen LogP contribution < -0.4 is 5.73 Å². The molecule has 5 nitrogen and oxygen atoms in total. The van der Waals surface area contributed by atoms with Gasteiger partial charge in [0.05, 0.1) is 5.57 Å². The third kappa shape index (κ3) is 3.00. The number of rotatable bonds is 3. The van der Waals surface area contributed by atoms with Crippen molar-refractivity contribution in [2.75, 3.05) is 6.54 Å². The molecule has 94 valence electrons. The number of aliphatic imine (C=N–C) groups is 1. The van der Waals surface area contributed by atoms with Gasteiger partial charge >= 0.3 is 5.97 Å². The molecule has 1 rings (SSSR count). The van der Waals surface area contributed by atoms with Crippen LogP contribution in [0.4, 0.5) is 0 Å². The standard InChI is InChI=1S/C12H18N2O3/c1-8(15)12(7-13)5-9(6-14-12)10(16)17-11(2,3)4/h5-6H,7,13H2,1-4H3. The Morgan fingerprint density at radius 3 is 2.41 bits per heavy atom. The highest BCUT2D eigenvalue weighted by Crippen LogP contribution is 2.22. The number of ether oxygens (including phenoxy) is 1. The van der Waals surface area contributed by atoms with Gasteiger partial charge in [-0.05, 0) is 33.8 Å². The SMILES string of the molecule is CC(=O)C1(CN)C=C(C(=O)OC(C)(C)C)C=N1. The van der Waals surface area contributed by atoms with Crippen LogP contribution in [0.25, 0.3) is 0 Å². The fourth-order valence-corrected chi connectivity index (χ4v) is 1.41. The van der Waals surface area contributed by atoms with Crippen LogP contribution in [0.1, 0.15) is 27.7 Å². The van der Waals surface area contributed by atoms with Crippen LogP contribution in [-0.4, -0.2) is 35.7 Å². The maximum absolute atomic E-state index is 11.8. The van der Waals surface area contributed by atoms with E-state index >= 15 is 0 Å². The van der Waals surface area contributed by atoms with Gasteiger partial charge in [-0.15, -0.1) is 0 Å². The average Bonchev–Trinajstić information content (AvgIpc) is 2.60. The van der Waals surface area contributed by atoms with Crippen LogP contribution in [0, 0.1) is 0 Å². The van der Waals surface area contributed by atoms with E-state index in [-0.39, 0.29) is 17.9 Å². The quantitative estimate of drug-likeness (QED) is 0.731. The second-order valence-corrected chi connectivity index (χ2v) is 5.04. The topological polar surface area (TPSA) is 81.8 Å². The molecule has 0 fully saturated rings. The normalized spacial score (nSPS) is 23.5. The van der Waals surface area contributed by atoms with Crippen LogP contribution in [0.15, 0.2) is 16.6 Å². The number of hydrogen-bond acceptors (Lipinski definition) is 5.